The molecule has 0 amide bonds. The number of carbonyl (C=O) groups excluding carboxylic acids is 1. The molecule has 1 aromatic carbocycles. The van der Waals surface area contributed by atoms with Crippen LogP contribution >= 0.6 is 11.6 Å². The summed E-state index contributed by atoms with van der Waals surface area (Å²) in [7, 11) is 1.53. The second-order valence-electron chi connectivity index (χ2n) is 4.15. The van der Waals surface area contributed by atoms with Gasteiger partial charge in [0, 0.05) is 18.8 Å². The van der Waals surface area contributed by atoms with Crippen LogP contribution in [0, 0.1) is 0 Å². The summed E-state index contributed by atoms with van der Waals surface area (Å²) in [5.74, 6) is -0.905. The smallest absolute Gasteiger partial charge is 0.343 e. The van der Waals surface area contributed by atoms with Crippen molar-refractivity contribution in [1.82, 2.24) is 0 Å². The molecule has 0 atom stereocenters. The number of aliphatic imine (C=N–C) groups is 1. The molecule has 0 aliphatic rings. The number of nitrogens with zero attached hydrogens (tertiary/aromatic N) is 1. The van der Waals surface area contributed by atoms with Crippen molar-refractivity contribution in [3.05, 3.63) is 53.3 Å². The highest BCUT2D eigenvalue weighted by molar-refractivity contribution is 6.49. The minimum absolute atomic E-state index is 0.00781. The zero-order valence-electron chi connectivity index (χ0n) is 12.3. The van der Waals surface area contributed by atoms with E-state index < -0.39 is 5.97 Å². The van der Waals surface area contributed by atoms with Gasteiger partial charge in [0.1, 0.15) is 11.3 Å². The molecular weight excluding hydrogens is 290 g/mol. The Morgan fingerprint density at radius 3 is 2.52 bits per heavy atom. The van der Waals surface area contributed by atoms with Crippen molar-refractivity contribution in [2.75, 3.05) is 13.7 Å². The Bertz CT molecular complexity index is 589. The van der Waals surface area contributed by atoms with Gasteiger partial charge >= 0.3 is 5.97 Å². The lowest BCUT2D eigenvalue weighted by atomic mass is 10.1. The Kier molecular flexibility index (Phi) is 6.69. The fourth-order valence-corrected chi connectivity index (χ4v) is 1.85. The summed E-state index contributed by atoms with van der Waals surface area (Å²) in [6.07, 6.45) is 1.32. The second-order valence-corrected chi connectivity index (χ2v) is 4.56. The summed E-state index contributed by atoms with van der Waals surface area (Å²) < 4.78 is 4.93. The van der Waals surface area contributed by atoms with Crippen LogP contribution < -0.4 is 0 Å². The Balaban J connectivity index is 3.24. The molecule has 4 nitrogen and oxygen atoms in total. The highest BCUT2D eigenvalue weighted by atomic mass is 35.5. The first-order valence-corrected chi connectivity index (χ1v) is 6.85. The van der Waals surface area contributed by atoms with Crippen molar-refractivity contribution in [2.24, 2.45) is 4.99 Å². The highest BCUT2D eigenvalue weighted by Gasteiger charge is 2.18. The number of hydrogen-bond acceptors (Lipinski definition) is 4. The van der Waals surface area contributed by atoms with Gasteiger partial charge in [0.2, 0.25) is 0 Å². The number of benzene rings is 1. The lowest BCUT2D eigenvalue weighted by molar-refractivity contribution is -0.138. The molecule has 0 saturated carbocycles. The van der Waals surface area contributed by atoms with Crippen LogP contribution in [-0.2, 0) is 9.53 Å². The molecule has 0 heterocycles. The first kappa shape index (κ1) is 17.0. The van der Waals surface area contributed by atoms with Crippen molar-refractivity contribution in [3.8, 4) is 0 Å². The predicted octanol–water partition coefficient (Wildman–Crippen LogP) is 3.73. The third-order valence-electron chi connectivity index (χ3n) is 2.75. The molecule has 0 spiro atoms. The third-order valence-corrected chi connectivity index (χ3v) is 3.07. The van der Waals surface area contributed by atoms with E-state index in [4.69, 9.17) is 16.3 Å². The number of rotatable bonds is 5. The van der Waals surface area contributed by atoms with Crippen molar-refractivity contribution in [1.29, 1.82) is 0 Å². The fraction of sp³-hybridized carbons (Fsp3) is 0.250. The minimum Gasteiger partial charge on any atom is -0.507 e. The molecule has 0 saturated heterocycles. The highest BCUT2D eigenvalue weighted by Crippen LogP contribution is 2.21. The molecule has 1 rings (SSSR count). The maximum absolute atomic E-state index is 11.9. The van der Waals surface area contributed by atoms with Crippen molar-refractivity contribution in [3.63, 3.8) is 0 Å². The second kappa shape index (κ2) is 8.27. The van der Waals surface area contributed by atoms with E-state index in [2.05, 4.69) is 4.99 Å². The van der Waals surface area contributed by atoms with E-state index in [1.54, 1.807) is 26.0 Å². The molecule has 112 valence electrons. The SMILES string of the molecule is CCOC(=O)C(C(C)=NC)=C(O)C=C(Cl)c1ccccc1. The van der Waals surface area contributed by atoms with Crippen molar-refractivity contribution < 1.29 is 14.6 Å². The Hall–Kier alpha value is -2.07. The van der Waals surface area contributed by atoms with Gasteiger partial charge in [-0.2, -0.15) is 0 Å². The van der Waals surface area contributed by atoms with Gasteiger partial charge < -0.3 is 9.84 Å². The van der Waals surface area contributed by atoms with Gasteiger partial charge in [-0.05, 0) is 19.4 Å². The average molecular weight is 308 g/mol. The number of halogens is 1. The van der Waals surface area contributed by atoms with Gasteiger partial charge in [-0.25, -0.2) is 4.79 Å². The molecule has 1 N–H and O–H groups in total. The van der Waals surface area contributed by atoms with E-state index in [-0.39, 0.29) is 17.9 Å². The van der Waals surface area contributed by atoms with E-state index >= 15 is 0 Å². The van der Waals surface area contributed by atoms with Gasteiger partial charge in [-0.3, -0.25) is 4.99 Å². The molecule has 5 heteroatoms. The maximum Gasteiger partial charge on any atom is 0.343 e. The van der Waals surface area contributed by atoms with Gasteiger partial charge in [-0.1, -0.05) is 41.9 Å². The van der Waals surface area contributed by atoms with Crippen LogP contribution in [-0.4, -0.2) is 30.4 Å². The molecule has 0 unspecified atom stereocenters. The number of allylic oxidation sites excluding steroid dienone is 1. The van der Waals surface area contributed by atoms with Crippen LogP contribution in [0.5, 0.6) is 0 Å². The lowest BCUT2D eigenvalue weighted by Gasteiger charge is -2.08. The van der Waals surface area contributed by atoms with Crippen LogP contribution in [0.4, 0.5) is 0 Å². The normalized spacial score (nSPS) is 13.7. The lowest BCUT2D eigenvalue weighted by Crippen LogP contribution is -2.16. The predicted molar refractivity (Wildman–Crippen MR) is 85.6 cm³/mol. The zero-order chi connectivity index (χ0) is 15.8. The van der Waals surface area contributed by atoms with E-state index in [1.807, 2.05) is 18.2 Å². The number of aliphatic hydroxyl groups is 1. The van der Waals surface area contributed by atoms with E-state index in [1.165, 1.54) is 13.1 Å². The van der Waals surface area contributed by atoms with Crippen LogP contribution in [0.2, 0.25) is 0 Å². The number of carbonyl (C=O) groups is 1. The van der Waals surface area contributed by atoms with E-state index in [0.29, 0.717) is 10.7 Å². The molecule has 1 aromatic rings. The standard InChI is InChI=1S/C16H18ClNO3/c1-4-21-16(20)15(11(2)18-3)14(19)10-13(17)12-8-6-5-7-9-12/h5-10,19H,4H2,1-3H3. The number of ether oxygens (including phenoxy) is 1. The molecule has 0 fully saturated rings. The first-order chi connectivity index (χ1) is 10.0. The largest absolute Gasteiger partial charge is 0.507 e. The van der Waals surface area contributed by atoms with Crippen LogP contribution in [0.1, 0.15) is 19.4 Å². The molecule has 0 aromatic heterocycles. The van der Waals surface area contributed by atoms with Gasteiger partial charge in [0.25, 0.3) is 0 Å². The van der Waals surface area contributed by atoms with Crippen LogP contribution in [0.25, 0.3) is 5.03 Å². The van der Waals surface area contributed by atoms with E-state index in [9.17, 15) is 9.90 Å². The molecule has 0 radical (unpaired) electrons. The summed E-state index contributed by atoms with van der Waals surface area (Å²) in [6, 6.07) is 9.13. The number of hydrogen-bond donors (Lipinski definition) is 1. The Morgan fingerprint density at radius 2 is 2.00 bits per heavy atom. The van der Waals surface area contributed by atoms with Gasteiger partial charge in [-0.15, -0.1) is 0 Å². The van der Waals surface area contributed by atoms with Gasteiger partial charge in [0.05, 0.1) is 11.6 Å². The quantitative estimate of drug-likeness (QED) is 0.296. The molecular formula is C16H18ClNO3. The Morgan fingerprint density at radius 1 is 1.38 bits per heavy atom. The first-order valence-electron chi connectivity index (χ1n) is 6.48. The minimum atomic E-state index is -0.633. The Labute approximate surface area is 129 Å². The number of aliphatic hydroxyl groups excluding tert-OH is 1. The monoisotopic (exact) mass is 307 g/mol. The molecule has 0 bridgehead atoms. The maximum atomic E-state index is 11.9. The average Bonchev–Trinajstić information content (AvgIpc) is 2.48. The topological polar surface area (TPSA) is 58.9 Å². The summed E-state index contributed by atoms with van der Waals surface area (Å²) in [4.78, 5) is 15.8. The summed E-state index contributed by atoms with van der Waals surface area (Å²) >= 11 is 6.15. The summed E-state index contributed by atoms with van der Waals surface area (Å²) in [5, 5.41) is 10.5. The van der Waals surface area contributed by atoms with Crippen molar-refractivity contribution in [2.45, 2.75) is 13.8 Å². The van der Waals surface area contributed by atoms with Crippen molar-refractivity contribution >= 4 is 28.3 Å². The molecule has 0 aliphatic carbocycles. The summed E-state index contributed by atoms with van der Waals surface area (Å²) in [5.41, 5.74) is 1.12. The van der Waals surface area contributed by atoms with Gasteiger partial charge in [0.15, 0.2) is 0 Å². The fourth-order valence-electron chi connectivity index (χ4n) is 1.63. The molecule has 21 heavy (non-hydrogen) atoms. The van der Waals surface area contributed by atoms with E-state index in [0.717, 1.165) is 5.56 Å². The summed E-state index contributed by atoms with van der Waals surface area (Å²) in [6.45, 7) is 3.52. The van der Waals surface area contributed by atoms with Crippen LogP contribution in [0.15, 0.2) is 52.7 Å². The third kappa shape index (κ3) is 4.76. The number of esters is 1. The molecule has 0 aliphatic heterocycles. The van der Waals surface area contributed by atoms with Crippen LogP contribution in [0.3, 0.4) is 0 Å². The zero-order valence-corrected chi connectivity index (χ0v) is 13.0.